The van der Waals surface area contributed by atoms with Gasteiger partial charge in [0.1, 0.15) is 0 Å². The van der Waals surface area contributed by atoms with Gasteiger partial charge in [0.25, 0.3) is 5.56 Å². The molecule has 1 fully saturated rings. The van der Waals surface area contributed by atoms with Crippen LogP contribution >= 0.6 is 0 Å². The Labute approximate surface area is 92.7 Å². The maximum absolute atomic E-state index is 11.5. The topological polar surface area (TPSA) is 56.9 Å². The van der Waals surface area contributed by atoms with Crippen molar-refractivity contribution in [3.8, 4) is 0 Å². The minimum Gasteiger partial charge on any atom is -0.380 e. The summed E-state index contributed by atoms with van der Waals surface area (Å²) in [5.41, 5.74) is 1.04. The summed E-state index contributed by atoms with van der Waals surface area (Å²) in [4.78, 5) is 14.2. The van der Waals surface area contributed by atoms with Gasteiger partial charge in [0.05, 0.1) is 6.04 Å². The lowest BCUT2D eigenvalue weighted by Gasteiger charge is -2.29. The number of fused-ring (bicyclic) bond motifs is 1. The lowest BCUT2D eigenvalue weighted by molar-refractivity contribution is 0.472. The summed E-state index contributed by atoms with van der Waals surface area (Å²) in [7, 11) is 0. The average Bonchev–Trinajstić information content (AvgIpc) is 2.24. The van der Waals surface area contributed by atoms with Crippen LogP contribution in [0.25, 0.3) is 10.8 Å². The van der Waals surface area contributed by atoms with Crippen molar-refractivity contribution < 1.29 is 0 Å². The number of hydrogen-bond acceptors (Lipinski definition) is 3. The monoisotopic (exact) mass is 215 g/mol. The molecule has 82 valence electrons. The molecule has 2 heterocycles. The van der Waals surface area contributed by atoms with E-state index in [-0.39, 0.29) is 5.56 Å². The van der Waals surface area contributed by atoms with Gasteiger partial charge in [0, 0.05) is 30.4 Å². The summed E-state index contributed by atoms with van der Waals surface area (Å²) in [5, 5.41) is 8.33. The number of nitrogens with one attached hydrogen (secondary N) is 3. The maximum Gasteiger partial charge on any atom is 0.255 e. The molecule has 0 saturated carbocycles. The molecule has 3 rings (SSSR count). The van der Waals surface area contributed by atoms with E-state index < -0.39 is 0 Å². The summed E-state index contributed by atoms with van der Waals surface area (Å²) in [6.45, 7) is 2.01. The molecule has 2 aromatic rings. The van der Waals surface area contributed by atoms with Crippen LogP contribution in [0.1, 0.15) is 0 Å². The van der Waals surface area contributed by atoms with Gasteiger partial charge in [-0.3, -0.25) is 4.79 Å². The van der Waals surface area contributed by atoms with Gasteiger partial charge < -0.3 is 15.6 Å². The van der Waals surface area contributed by atoms with Crippen LogP contribution in [-0.4, -0.2) is 24.1 Å². The predicted molar refractivity (Wildman–Crippen MR) is 64.8 cm³/mol. The first-order chi connectivity index (χ1) is 7.83. The van der Waals surface area contributed by atoms with Crippen molar-refractivity contribution >= 4 is 16.5 Å². The van der Waals surface area contributed by atoms with Crippen molar-refractivity contribution in [2.75, 3.05) is 18.4 Å². The van der Waals surface area contributed by atoms with Gasteiger partial charge in [0.15, 0.2) is 0 Å². The quantitative estimate of drug-likeness (QED) is 0.698. The standard InChI is InChI=1S/C12H13N3O/c16-12-11-2-1-9(15-10-6-13-7-10)5-8(11)3-4-14-12/h1-5,10,13,15H,6-7H2,(H,14,16). The zero-order valence-electron chi connectivity index (χ0n) is 8.79. The minimum atomic E-state index is -0.0330. The molecule has 0 radical (unpaired) electrons. The summed E-state index contributed by atoms with van der Waals surface area (Å²) >= 11 is 0. The van der Waals surface area contributed by atoms with Crippen LogP contribution in [0.2, 0.25) is 0 Å². The van der Waals surface area contributed by atoms with Crippen LogP contribution in [0.5, 0.6) is 0 Å². The van der Waals surface area contributed by atoms with E-state index in [0.29, 0.717) is 6.04 Å². The molecule has 0 bridgehead atoms. The van der Waals surface area contributed by atoms with Crippen molar-refractivity contribution in [2.24, 2.45) is 0 Å². The summed E-state index contributed by atoms with van der Waals surface area (Å²) < 4.78 is 0. The number of aromatic nitrogens is 1. The summed E-state index contributed by atoms with van der Waals surface area (Å²) in [6.07, 6.45) is 1.68. The molecule has 1 aliphatic heterocycles. The zero-order chi connectivity index (χ0) is 11.0. The first kappa shape index (κ1) is 9.42. The molecular formula is C12H13N3O. The average molecular weight is 215 g/mol. The van der Waals surface area contributed by atoms with Crippen molar-refractivity contribution in [1.82, 2.24) is 10.3 Å². The molecule has 3 N–H and O–H groups in total. The molecule has 1 aliphatic rings. The van der Waals surface area contributed by atoms with Crippen molar-refractivity contribution in [2.45, 2.75) is 6.04 Å². The van der Waals surface area contributed by atoms with Gasteiger partial charge in [-0.1, -0.05) is 0 Å². The third-order valence-electron chi connectivity index (χ3n) is 2.93. The third kappa shape index (κ3) is 1.57. The molecule has 0 amide bonds. The number of pyridine rings is 1. The van der Waals surface area contributed by atoms with E-state index in [9.17, 15) is 4.79 Å². The van der Waals surface area contributed by atoms with E-state index in [2.05, 4.69) is 15.6 Å². The molecule has 0 aliphatic carbocycles. The number of anilines is 1. The van der Waals surface area contributed by atoms with Gasteiger partial charge in [-0.05, 0) is 29.7 Å². The molecule has 1 aromatic carbocycles. The normalized spacial score (nSPS) is 16.0. The van der Waals surface area contributed by atoms with Crippen LogP contribution in [0.3, 0.4) is 0 Å². The minimum absolute atomic E-state index is 0.0330. The van der Waals surface area contributed by atoms with Crippen LogP contribution < -0.4 is 16.2 Å². The maximum atomic E-state index is 11.5. The van der Waals surface area contributed by atoms with Crippen molar-refractivity contribution in [3.63, 3.8) is 0 Å². The fourth-order valence-corrected chi connectivity index (χ4v) is 1.91. The third-order valence-corrected chi connectivity index (χ3v) is 2.93. The Bertz CT molecular complexity index is 572. The second-order valence-corrected chi connectivity index (χ2v) is 4.11. The highest BCUT2D eigenvalue weighted by Crippen LogP contribution is 2.17. The van der Waals surface area contributed by atoms with Gasteiger partial charge in [-0.15, -0.1) is 0 Å². The molecule has 4 heteroatoms. The zero-order valence-corrected chi connectivity index (χ0v) is 8.79. The lowest BCUT2D eigenvalue weighted by atomic mass is 10.1. The van der Waals surface area contributed by atoms with Crippen LogP contribution in [0.15, 0.2) is 35.3 Å². The fourth-order valence-electron chi connectivity index (χ4n) is 1.91. The number of benzene rings is 1. The first-order valence-electron chi connectivity index (χ1n) is 5.42. The molecule has 16 heavy (non-hydrogen) atoms. The lowest BCUT2D eigenvalue weighted by Crippen LogP contribution is -2.51. The Morgan fingerprint density at radius 1 is 1.25 bits per heavy atom. The van der Waals surface area contributed by atoms with E-state index in [0.717, 1.165) is 29.5 Å². The summed E-state index contributed by atoms with van der Waals surface area (Å²) in [5.74, 6) is 0. The Kier molecular flexibility index (Phi) is 2.15. The smallest absolute Gasteiger partial charge is 0.255 e. The Hall–Kier alpha value is -1.81. The Morgan fingerprint density at radius 2 is 2.12 bits per heavy atom. The van der Waals surface area contributed by atoms with E-state index in [4.69, 9.17) is 0 Å². The molecule has 4 nitrogen and oxygen atoms in total. The van der Waals surface area contributed by atoms with E-state index in [1.807, 2.05) is 24.3 Å². The van der Waals surface area contributed by atoms with Crippen LogP contribution in [-0.2, 0) is 0 Å². The fraction of sp³-hybridized carbons (Fsp3) is 0.250. The molecular weight excluding hydrogens is 202 g/mol. The Balaban J connectivity index is 1.99. The van der Waals surface area contributed by atoms with E-state index in [1.165, 1.54) is 0 Å². The van der Waals surface area contributed by atoms with Crippen LogP contribution in [0.4, 0.5) is 5.69 Å². The number of rotatable bonds is 2. The van der Waals surface area contributed by atoms with Crippen molar-refractivity contribution in [3.05, 3.63) is 40.8 Å². The van der Waals surface area contributed by atoms with Gasteiger partial charge in [0.2, 0.25) is 0 Å². The second kappa shape index (κ2) is 3.64. The van der Waals surface area contributed by atoms with Crippen molar-refractivity contribution in [1.29, 1.82) is 0 Å². The molecule has 0 atom stereocenters. The van der Waals surface area contributed by atoms with Gasteiger partial charge in [-0.2, -0.15) is 0 Å². The van der Waals surface area contributed by atoms with Gasteiger partial charge in [-0.25, -0.2) is 0 Å². The largest absolute Gasteiger partial charge is 0.380 e. The van der Waals surface area contributed by atoms with Crippen LogP contribution in [0, 0.1) is 0 Å². The highest BCUT2D eigenvalue weighted by molar-refractivity contribution is 5.84. The molecule has 0 spiro atoms. The SMILES string of the molecule is O=c1[nH]ccc2cc(NC3CNC3)ccc12. The number of H-pyrrole nitrogens is 1. The summed E-state index contributed by atoms with van der Waals surface area (Å²) in [6, 6.07) is 8.27. The van der Waals surface area contributed by atoms with E-state index >= 15 is 0 Å². The highest BCUT2D eigenvalue weighted by Gasteiger charge is 2.15. The predicted octanol–water partition coefficient (Wildman–Crippen LogP) is 0.912. The number of hydrogen-bond donors (Lipinski definition) is 3. The Morgan fingerprint density at radius 3 is 2.88 bits per heavy atom. The van der Waals surface area contributed by atoms with Gasteiger partial charge >= 0.3 is 0 Å². The molecule has 1 saturated heterocycles. The van der Waals surface area contributed by atoms with E-state index in [1.54, 1.807) is 6.20 Å². The number of aromatic amines is 1. The first-order valence-corrected chi connectivity index (χ1v) is 5.42. The molecule has 1 aromatic heterocycles. The highest BCUT2D eigenvalue weighted by atomic mass is 16.1. The molecule has 0 unspecified atom stereocenters. The second-order valence-electron chi connectivity index (χ2n) is 4.11.